The fourth-order valence-electron chi connectivity index (χ4n) is 2.55. The van der Waals surface area contributed by atoms with Gasteiger partial charge in [-0.25, -0.2) is 18.1 Å². The molecule has 0 amide bonds. The van der Waals surface area contributed by atoms with E-state index < -0.39 is 10.0 Å². The summed E-state index contributed by atoms with van der Waals surface area (Å²) in [6, 6.07) is 8.23. The lowest BCUT2D eigenvalue weighted by molar-refractivity contribution is 0.581. The number of fused-ring (bicyclic) bond motifs is 1. The van der Waals surface area contributed by atoms with Gasteiger partial charge in [-0.1, -0.05) is 29.3 Å². The summed E-state index contributed by atoms with van der Waals surface area (Å²) in [4.78, 5) is 4.64. The molecule has 0 unspecified atom stereocenters. The van der Waals surface area contributed by atoms with Crippen LogP contribution in [0.4, 0.5) is 5.82 Å². The molecule has 1 aromatic carbocycles. The van der Waals surface area contributed by atoms with Crippen LogP contribution in [0, 0.1) is 0 Å². The van der Waals surface area contributed by atoms with Crippen molar-refractivity contribution >= 4 is 39.0 Å². The minimum Gasteiger partial charge on any atom is -0.370 e. The number of aryl methyl sites for hydroxylation is 1. The Morgan fingerprint density at radius 3 is 2.79 bits per heavy atom. The van der Waals surface area contributed by atoms with E-state index in [1.54, 1.807) is 0 Å². The minimum absolute atomic E-state index is 0.0944. The fourth-order valence-corrected chi connectivity index (χ4v) is 3.97. The standard InChI is InChI=1S/C16H17Cl2N3O2S/c17-14-6-5-13(10-15(14)18)24(22,23)20-9-7-12-4-3-11-2-1-8-19-16(11)21-12/h3-6,10,20H,1-2,7-9H2,(H,19,21). The average Bonchev–Trinajstić information content (AvgIpc) is 2.57. The third kappa shape index (κ3) is 4.00. The first kappa shape index (κ1) is 17.5. The topological polar surface area (TPSA) is 71.1 Å². The van der Waals surface area contributed by atoms with Gasteiger partial charge in [-0.15, -0.1) is 0 Å². The van der Waals surface area contributed by atoms with Crippen LogP contribution in [0.3, 0.4) is 0 Å². The second-order valence-electron chi connectivity index (χ2n) is 5.56. The highest BCUT2D eigenvalue weighted by Crippen LogP contribution is 2.24. The summed E-state index contributed by atoms with van der Waals surface area (Å²) in [5.74, 6) is 0.908. The maximum atomic E-state index is 12.3. The third-order valence-corrected chi connectivity index (χ3v) is 6.02. The largest absolute Gasteiger partial charge is 0.370 e. The Kier molecular flexibility index (Phi) is 5.30. The second-order valence-corrected chi connectivity index (χ2v) is 8.15. The van der Waals surface area contributed by atoms with Crippen LogP contribution in [-0.2, 0) is 22.9 Å². The van der Waals surface area contributed by atoms with Gasteiger partial charge in [0.25, 0.3) is 0 Å². The van der Waals surface area contributed by atoms with Crippen molar-refractivity contribution in [3.8, 4) is 0 Å². The van der Waals surface area contributed by atoms with E-state index in [1.165, 1.54) is 23.8 Å². The van der Waals surface area contributed by atoms with Gasteiger partial charge < -0.3 is 5.32 Å². The van der Waals surface area contributed by atoms with E-state index >= 15 is 0 Å². The van der Waals surface area contributed by atoms with Crippen LogP contribution < -0.4 is 10.0 Å². The van der Waals surface area contributed by atoms with E-state index in [2.05, 4.69) is 21.1 Å². The van der Waals surface area contributed by atoms with Crippen molar-refractivity contribution in [3.05, 3.63) is 51.6 Å². The molecular formula is C16H17Cl2N3O2S. The Hall–Kier alpha value is -1.34. The van der Waals surface area contributed by atoms with Gasteiger partial charge in [0, 0.05) is 25.2 Å². The molecule has 0 radical (unpaired) electrons. The Balaban J connectivity index is 1.64. The van der Waals surface area contributed by atoms with Crippen LogP contribution in [0.1, 0.15) is 17.7 Å². The summed E-state index contributed by atoms with van der Waals surface area (Å²) >= 11 is 11.7. The molecule has 0 saturated carbocycles. The predicted molar refractivity (Wildman–Crippen MR) is 96.4 cm³/mol. The van der Waals surface area contributed by atoms with Crippen LogP contribution in [0.25, 0.3) is 0 Å². The number of aromatic nitrogens is 1. The minimum atomic E-state index is -3.62. The third-order valence-electron chi connectivity index (χ3n) is 3.83. The van der Waals surface area contributed by atoms with Crippen LogP contribution in [0.5, 0.6) is 0 Å². The van der Waals surface area contributed by atoms with E-state index in [9.17, 15) is 8.42 Å². The molecular weight excluding hydrogens is 369 g/mol. The summed E-state index contributed by atoms with van der Waals surface area (Å²) in [6.45, 7) is 1.18. The zero-order valence-electron chi connectivity index (χ0n) is 12.9. The first-order valence-corrected chi connectivity index (χ1v) is 9.87. The molecule has 1 aromatic heterocycles. The quantitative estimate of drug-likeness (QED) is 0.828. The van der Waals surface area contributed by atoms with Crippen molar-refractivity contribution < 1.29 is 8.42 Å². The lowest BCUT2D eigenvalue weighted by Gasteiger charge is -2.17. The monoisotopic (exact) mass is 385 g/mol. The van der Waals surface area contributed by atoms with Crippen molar-refractivity contribution in [2.75, 3.05) is 18.4 Å². The van der Waals surface area contributed by atoms with Gasteiger partial charge in [-0.2, -0.15) is 0 Å². The van der Waals surface area contributed by atoms with E-state index in [1.807, 2.05) is 6.07 Å². The number of anilines is 1. The highest BCUT2D eigenvalue weighted by atomic mass is 35.5. The smallest absolute Gasteiger partial charge is 0.240 e. The Labute approximate surface area is 151 Å². The molecule has 0 fully saturated rings. The summed E-state index contributed by atoms with van der Waals surface area (Å²) < 4.78 is 27.1. The van der Waals surface area contributed by atoms with E-state index in [4.69, 9.17) is 23.2 Å². The maximum Gasteiger partial charge on any atom is 0.240 e. The molecule has 3 rings (SSSR count). The van der Waals surface area contributed by atoms with Crippen molar-refractivity contribution in [3.63, 3.8) is 0 Å². The van der Waals surface area contributed by atoms with Crippen molar-refractivity contribution in [2.45, 2.75) is 24.2 Å². The van der Waals surface area contributed by atoms with Gasteiger partial charge in [0.2, 0.25) is 10.0 Å². The molecule has 1 aliphatic rings. The molecule has 0 saturated heterocycles. The van der Waals surface area contributed by atoms with Crippen molar-refractivity contribution in [1.29, 1.82) is 0 Å². The molecule has 5 nitrogen and oxygen atoms in total. The first-order chi connectivity index (χ1) is 11.5. The zero-order valence-corrected chi connectivity index (χ0v) is 15.2. The van der Waals surface area contributed by atoms with E-state index in [0.717, 1.165) is 30.9 Å². The highest BCUT2D eigenvalue weighted by Gasteiger charge is 2.15. The number of rotatable bonds is 5. The summed E-state index contributed by atoms with van der Waals surface area (Å²) in [6.07, 6.45) is 2.65. The fraction of sp³-hybridized carbons (Fsp3) is 0.312. The Morgan fingerprint density at radius 2 is 2.00 bits per heavy atom. The first-order valence-electron chi connectivity index (χ1n) is 7.63. The molecule has 2 aromatic rings. The van der Waals surface area contributed by atoms with E-state index in [-0.39, 0.29) is 16.5 Å². The number of halogens is 2. The van der Waals surface area contributed by atoms with Crippen molar-refractivity contribution in [1.82, 2.24) is 9.71 Å². The summed E-state index contributed by atoms with van der Waals surface area (Å²) in [5.41, 5.74) is 2.06. The van der Waals surface area contributed by atoms with Gasteiger partial charge in [0.1, 0.15) is 5.82 Å². The maximum absolute atomic E-state index is 12.3. The molecule has 8 heteroatoms. The molecule has 2 N–H and O–H groups in total. The number of hydrogen-bond acceptors (Lipinski definition) is 4. The Bertz CT molecular complexity index is 856. The lowest BCUT2D eigenvalue weighted by Crippen LogP contribution is -2.26. The molecule has 0 bridgehead atoms. The van der Waals surface area contributed by atoms with Gasteiger partial charge in [-0.3, -0.25) is 0 Å². The number of hydrogen-bond donors (Lipinski definition) is 2. The van der Waals surface area contributed by atoms with Crippen LogP contribution in [0.15, 0.2) is 35.2 Å². The summed E-state index contributed by atoms with van der Waals surface area (Å²) in [7, 11) is -3.62. The Morgan fingerprint density at radius 1 is 1.17 bits per heavy atom. The molecule has 0 atom stereocenters. The highest BCUT2D eigenvalue weighted by molar-refractivity contribution is 7.89. The number of nitrogens with zero attached hydrogens (tertiary/aromatic N) is 1. The molecule has 0 aliphatic carbocycles. The van der Waals surface area contributed by atoms with E-state index in [0.29, 0.717) is 11.4 Å². The van der Waals surface area contributed by atoms with Crippen LogP contribution in [-0.4, -0.2) is 26.5 Å². The van der Waals surface area contributed by atoms with Gasteiger partial charge in [0.15, 0.2) is 0 Å². The second kappa shape index (κ2) is 7.27. The van der Waals surface area contributed by atoms with Gasteiger partial charge in [-0.05, 0) is 42.7 Å². The normalized spacial score (nSPS) is 14.1. The average molecular weight is 386 g/mol. The van der Waals surface area contributed by atoms with Gasteiger partial charge in [0.05, 0.1) is 14.9 Å². The molecule has 24 heavy (non-hydrogen) atoms. The SMILES string of the molecule is O=S(=O)(NCCc1ccc2c(n1)NCCC2)c1ccc(Cl)c(Cl)c1. The molecule has 2 heterocycles. The van der Waals surface area contributed by atoms with Crippen LogP contribution >= 0.6 is 23.2 Å². The zero-order chi connectivity index (χ0) is 17.2. The predicted octanol–water partition coefficient (Wildman–Crippen LogP) is 3.27. The molecule has 128 valence electrons. The summed E-state index contributed by atoms with van der Waals surface area (Å²) in [5, 5.41) is 3.80. The number of sulfonamides is 1. The number of nitrogens with one attached hydrogen (secondary N) is 2. The molecule has 1 aliphatic heterocycles. The van der Waals surface area contributed by atoms with Gasteiger partial charge >= 0.3 is 0 Å². The molecule has 0 spiro atoms. The van der Waals surface area contributed by atoms with Crippen LogP contribution in [0.2, 0.25) is 10.0 Å². The number of pyridine rings is 1. The van der Waals surface area contributed by atoms with Crippen molar-refractivity contribution in [2.24, 2.45) is 0 Å². The lowest BCUT2D eigenvalue weighted by atomic mass is 10.1. The number of benzene rings is 1.